The minimum absolute atomic E-state index is 0.0233. The molecule has 96 valence electrons. The van der Waals surface area contributed by atoms with Gasteiger partial charge in [-0.2, -0.15) is 0 Å². The van der Waals surface area contributed by atoms with Gasteiger partial charge in [0.15, 0.2) is 0 Å². The van der Waals surface area contributed by atoms with Gasteiger partial charge in [0.1, 0.15) is 5.82 Å². The predicted molar refractivity (Wildman–Crippen MR) is 71.5 cm³/mol. The van der Waals surface area contributed by atoms with Crippen LogP contribution in [0.15, 0.2) is 22.7 Å². The highest BCUT2D eigenvalue weighted by Gasteiger charge is 2.18. The molecule has 1 aromatic rings. The Morgan fingerprint density at radius 2 is 2.12 bits per heavy atom. The lowest BCUT2D eigenvalue weighted by Gasteiger charge is -2.23. The molecule has 0 radical (unpaired) electrons. The zero-order valence-corrected chi connectivity index (χ0v) is 11.8. The van der Waals surface area contributed by atoms with Gasteiger partial charge in [-0.25, -0.2) is 4.39 Å². The van der Waals surface area contributed by atoms with E-state index in [-0.39, 0.29) is 18.0 Å². The highest BCUT2D eigenvalue weighted by Crippen LogP contribution is 2.22. The summed E-state index contributed by atoms with van der Waals surface area (Å²) in [5.74, 6) is -0.251. The van der Waals surface area contributed by atoms with Crippen LogP contribution in [0.1, 0.15) is 25.8 Å². The average molecular weight is 304 g/mol. The van der Waals surface area contributed by atoms with E-state index >= 15 is 0 Å². The fourth-order valence-corrected chi connectivity index (χ4v) is 2.28. The van der Waals surface area contributed by atoms with Crippen molar-refractivity contribution in [2.75, 3.05) is 6.61 Å². The van der Waals surface area contributed by atoms with Crippen molar-refractivity contribution in [2.24, 2.45) is 5.73 Å². The van der Waals surface area contributed by atoms with E-state index in [2.05, 4.69) is 15.9 Å². The summed E-state index contributed by atoms with van der Waals surface area (Å²) in [7, 11) is 0. The molecule has 0 bridgehead atoms. The molecule has 2 N–H and O–H groups in total. The number of ether oxygens (including phenoxy) is 1. The standard InChI is InChI=1S/C13H19BrFNO/c1-3-12(17-4-2)11(16)8-9-6-5-7-10(15)13(9)14/h5-7,11-12H,3-4,8,16H2,1-2H3. The summed E-state index contributed by atoms with van der Waals surface area (Å²) in [6, 6.07) is 4.90. The molecule has 4 heteroatoms. The van der Waals surface area contributed by atoms with E-state index in [0.717, 1.165) is 12.0 Å². The zero-order valence-electron chi connectivity index (χ0n) is 10.2. The molecule has 0 aliphatic rings. The third-order valence-electron chi connectivity index (χ3n) is 2.75. The second-order valence-electron chi connectivity index (χ2n) is 3.98. The van der Waals surface area contributed by atoms with Crippen molar-refractivity contribution in [2.45, 2.75) is 38.8 Å². The molecular weight excluding hydrogens is 285 g/mol. The Labute approximate surface area is 110 Å². The summed E-state index contributed by atoms with van der Waals surface area (Å²) < 4.78 is 19.4. The van der Waals surface area contributed by atoms with Crippen molar-refractivity contribution in [1.29, 1.82) is 0 Å². The van der Waals surface area contributed by atoms with Crippen LogP contribution in [0, 0.1) is 5.82 Å². The molecule has 0 aromatic heterocycles. The monoisotopic (exact) mass is 303 g/mol. The highest BCUT2D eigenvalue weighted by molar-refractivity contribution is 9.10. The van der Waals surface area contributed by atoms with Crippen molar-refractivity contribution >= 4 is 15.9 Å². The Morgan fingerprint density at radius 3 is 2.71 bits per heavy atom. The smallest absolute Gasteiger partial charge is 0.137 e. The van der Waals surface area contributed by atoms with E-state index < -0.39 is 0 Å². The molecule has 1 aromatic carbocycles. The molecule has 0 aliphatic heterocycles. The number of nitrogens with two attached hydrogens (primary N) is 1. The van der Waals surface area contributed by atoms with Gasteiger partial charge in [0.05, 0.1) is 10.6 Å². The zero-order chi connectivity index (χ0) is 12.8. The minimum Gasteiger partial charge on any atom is -0.377 e. The summed E-state index contributed by atoms with van der Waals surface area (Å²) >= 11 is 3.25. The van der Waals surface area contributed by atoms with E-state index in [1.807, 2.05) is 19.9 Å². The Balaban J connectivity index is 2.72. The van der Waals surface area contributed by atoms with Crippen LogP contribution in [-0.4, -0.2) is 18.8 Å². The molecule has 2 nitrogen and oxygen atoms in total. The molecule has 17 heavy (non-hydrogen) atoms. The molecular formula is C13H19BrFNO. The van der Waals surface area contributed by atoms with Crippen molar-refractivity contribution in [3.8, 4) is 0 Å². The number of rotatable bonds is 6. The van der Waals surface area contributed by atoms with Gasteiger partial charge in [0, 0.05) is 12.6 Å². The Morgan fingerprint density at radius 1 is 1.41 bits per heavy atom. The molecule has 0 spiro atoms. The predicted octanol–water partition coefficient (Wildman–Crippen LogP) is 3.27. The van der Waals surface area contributed by atoms with E-state index in [9.17, 15) is 4.39 Å². The van der Waals surface area contributed by atoms with Gasteiger partial charge in [-0.1, -0.05) is 19.1 Å². The first-order valence-electron chi connectivity index (χ1n) is 5.90. The summed E-state index contributed by atoms with van der Waals surface area (Å²) in [5.41, 5.74) is 6.98. The lowest BCUT2D eigenvalue weighted by atomic mass is 10.0. The number of halogens is 2. The van der Waals surface area contributed by atoms with Gasteiger partial charge in [-0.15, -0.1) is 0 Å². The summed E-state index contributed by atoms with van der Waals surface area (Å²) in [4.78, 5) is 0. The lowest BCUT2D eigenvalue weighted by molar-refractivity contribution is 0.0417. The van der Waals surface area contributed by atoms with E-state index in [0.29, 0.717) is 17.5 Å². The summed E-state index contributed by atoms with van der Waals surface area (Å²) in [5, 5.41) is 0. The van der Waals surface area contributed by atoms with Crippen LogP contribution in [0.2, 0.25) is 0 Å². The van der Waals surface area contributed by atoms with Crippen LogP contribution in [0.5, 0.6) is 0 Å². The van der Waals surface area contributed by atoms with E-state index in [1.165, 1.54) is 6.07 Å². The van der Waals surface area contributed by atoms with Gasteiger partial charge < -0.3 is 10.5 Å². The molecule has 0 aliphatic carbocycles. The maximum Gasteiger partial charge on any atom is 0.137 e. The van der Waals surface area contributed by atoms with Crippen LogP contribution in [0.4, 0.5) is 4.39 Å². The fraction of sp³-hybridized carbons (Fsp3) is 0.538. The lowest BCUT2D eigenvalue weighted by Crippen LogP contribution is -2.38. The third-order valence-corrected chi connectivity index (χ3v) is 3.64. The van der Waals surface area contributed by atoms with Crippen LogP contribution in [0.3, 0.4) is 0 Å². The second-order valence-corrected chi connectivity index (χ2v) is 4.78. The molecule has 0 fully saturated rings. The van der Waals surface area contributed by atoms with Crippen molar-refractivity contribution in [3.05, 3.63) is 34.1 Å². The number of hydrogen-bond donors (Lipinski definition) is 1. The van der Waals surface area contributed by atoms with E-state index in [1.54, 1.807) is 6.07 Å². The minimum atomic E-state index is -0.251. The van der Waals surface area contributed by atoms with Crippen molar-refractivity contribution in [1.82, 2.24) is 0 Å². The van der Waals surface area contributed by atoms with Crippen molar-refractivity contribution < 1.29 is 9.13 Å². The topological polar surface area (TPSA) is 35.2 Å². The molecule has 0 amide bonds. The fourth-order valence-electron chi connectivity index (χ4n) is 1.85. The van der Waals surface area contributed by atoms with Crippen LogP contribution >= 0.6 is 15.9 Å². The Bertz CT molecular complexity index is 359. The maximum atomic E-state index is 13.3. The number of hydrogen-bond acceptors (Lipinski definition) is 2. The summed E-state index contributed by atoms with van der Waals surface area (Å²) in [6.45, 7) is 4.64. The average Bonchev–Trinajstić information content (AvgIpc) is 2.31. The molecule has 1 rings (SSSR count). The molecule has 0 saturated carbocycles. The first kappa shape index (κ1) is 14.6. The van der Waals surface area contributed by atoms with Gasteiger partial charge in [-0.3, -0.25) is 0 Å². The quantitative estimate of drug-likeness (QED) is 0.875. The Hall–Kier alpha value is -0.450. The first-order valence-corrected chi connectivity index (χ1v) is 6.69. The molecule has 2 atom stereocenters. The molecule has 2 unspecified atom stereocenters. The summed E-state index contributed by atoms with van der Waals surface area (Å²) in [6.07, 6.45) is 1.49. The van der Waals surface area contributed by atoms with Gasteiger partial charge in [0.25, 0.3) is 0 Å². The van der Waals surface area contributed by atoms with Crippen LogP contribution < -0.4 is 5.73 Å². The first-order chi connectivity index (χ1) is 8.10. The van der Waals surface area contributed by atoms with Gasteiger partial charge >= 0.3 is 0 Å². The van der Waals surface area contributed by atoms with Crippen LogP contribution in [0.25, 0.3) is 0 Å². The van der Waals surface area contributed by atoms with Crippen molar-refractivity contribution in [3.63, 3.8) is 0 Å². The third kappa shape index (κ3) is 4.05. The highest BCUT2D eigenvalue weighted by atomic mass is 79.9. The molecule has 0 saturated heterocycles. The normalized spacial score (nSPS) is 14.6. The Kier molecular flexibility index (Phi) is 6.09. The largest absolute Gasteiger partial charge is 0.377 e. The van der Waals surface area contributed by atoms with Gasteiger partial charge in [0.2, 0.25) is 0 Å². The molecule has 0 heterocycles. The SMILES string of the molecule is CCOC(CC)C(N)Cc1cccc(F)c1Br. The number of benzene rings is 1. The van der Waals surface area contributed by atoms with E-state index in [4.69, 9.17) is 10.5 Å². The maximum absolute atomic E-state index is 13.3. The van der Waals surface area contributed by atoms with Gasteiger partial charge in [-0.05, 0) is 47.3 Å². The van der Waals surface area contributed by atoms with Crippen LogP contribution in [-0.2, 0) is 11.2 Å². The second kappa shape index (κ2) is 7.09.